The van der Waals surface area contributed by atoms with Crippen molar-refractivity contribution in [3.63, 3.8) is 0 Å². The van der Waals surface area contributed by atoms with Gasteiger partial charge in [-0.05, 0) is 24.8 Å². The van der Waals surface area contributed by atoms with E-state index in [4.69, 9.17) is 9.63 Å². The maximum absolute atomic E-state index is 12.4. The molecule has 0 atom stereocenters. The van der Waals surface area contributed by atoms with Gasteiger partial charge in [0.15, 0.2) is 0 Å². The van der Waals surface area contributed by atoms with Gasteiger partial charge in [-0.25, -0.2) is 4.98 Å². The van der Waals surface area contributed by atoms with Crippen molar-refractivity contribution in [2.24, 2.45) is 0 Å². The molecule has 0 saturated heterocycles. The van der Waals surface area contributed by atoms with Gasteiger partial charge in [0.25, 0.3) is 11.6 Å². The summed E-state index contributed by atoms with van der Waals surface area (Å²) < 4.78 is 5.33. The average Bonchev–Trinajstić information content (AvgIpc) is 3.22. The quantitative estimate of drug-likeness (QED) is 0.878. The van der Waals surface area contributed by atoms with Crippen LogP contribution in [0.4, 0.5) is 0 Å². The molecule has 0 spiro atoms. The number of amides is 1. The van der Waals surface area contributed by atoms with E-state index in [2.05, 4.69) is 15.5 Å². The summed E-state index contributed by atoms with van der Waals surface area (Å²) in [6.07, 6.45) is 2.20. The molecule has 2 heterocycles. The Hall–Kier alpha value is -1.95. The van der Waals surface area contributed by atoms with E-state index >= 15 is 0 Å². The van der Waals surface area contributed by atoms with Gasteiger partial charge in [0, 0.05) is 18.2 Å². The van der Waals surface area contributed by atoms with Gasteiger partial charge in [0.1, 0.15) is 0 Å². The van der Waals surface area contributed by atoms with E-state index in [0.29, 0.717) is 22.6 Å². The van der Waals surface area contributed by atoms with E-state index in [1.807, 2.05) is 19.9 Å². The summed E-state index contributed by atoms with van der Waals surface area (Å²) in [5.41, 5.74) is 2.61. The molecule has 2 aromatic heterocycles. The van der Waals surface area contributed by atoms with Crippen LogP contribution < -0.4 is 5.32 Å². The number of pyridine rings is 1. The Labute approximate surface area is 122 Å². The third-order valence-electron chi connectivity index (χ3n) is 3.68. The number of rotatable bonds is 5. The molecule has 112 valence electrons. The van der Waals surface area contributed by atoms with E-state index in [9.17, 15) is 4.79 Å². The maximum Gasteiger partial charge on any atom is 0.259 e. The second-order valence-electron chi connectivity index (χ2n) is 5.75. The predicted molar refractivity (Wildman–Crippen MR) is 77.3 cm³/mol. The minimum atomic E-state index is -0.219. The summed E-state index contributed by atoms with van der Waals surface area (Å²) in [6, 6.07) is 1.84. The van der Waals surface area contributed by atoms with Crippen LogP contribution in [0.2, 0.25) is 0 Å². The summed E-state index contributed by atoms with van der Waals surface area (Å²) in [5, 5.41) is 16.3. The molecule has 3 rings (SSSR count). The molecule has 1 saturated carbocycles. The van der Waals surface area contributed by atoms with E-state index in [1.54, 1.807) is 0 Å². The van der Waals surface area contributed by atoms with Crippen LogP contribution in [0.25, 0.3) is 11.1 Å². The molecule has 0 aliphatic heterocycles. The molecule has 1 fully saturated rings. The Morgan fingerprint density at radius 1 is 1.52 bits per heavy atom. The molecular formula is C15H19N3O3. The normalized spacial score (nSPS) is 14.9. The number of nitrogens with zero attached hydrogens (tertiary/aromatic N) is 2. The first-order valence-electron chi connectivity index (χ1n) is 7.31. The van der Waals surface area contributed by atoms with Gasteiger partial charge in [-0.2, -0.15) is 0 Å². The Morgan fingerprint density at radius 3 is 2.90 bits per heavy atom. The number of hydrogen-bond acceptors (Lipinski definition) is 5. The molecule has 1 aliphatic rings. The highest BCUT2D eigenvalue weighted by molar-refractivity contribution is 6.06. The molecule has 2 N–H and O–H groups in total. The number of aliphatic hydroxyl groups is 1. The van der Waals surface area contributed by atoms with E-state index in [1.165, 1.54) is 0 Å². The Bertz CT molecular complexity index is 674. The minimum absolute atomic E-state index is 0.0872. The van der Waals surface area contributed by atoms with Gasteiger partial charge in [0.2, 0.25) is 0 Å². The third kappa shape index (κ3) is 2.63. The number of hydrogen-bond donors (Lipinski definition) is 2. The smallest absolute Gasteiger partial charge is 0.259 e. The van der Waals surface area contributed by atoms with Gasteiger partial charge < -0.3 is 14.9 Å². The number of aromatic nitrogens is 2. The van der Waals surface area contributed by atoms with Crippen molar-refractivity contribution in [2.75, 3.05) is 13.2 Å². The fourth-order valence-corrected chi connectivity index (χ4v) is 2.42. The van der Waals surface area contributed by atoms with Crippen LogP contribution in [-0.4, -0.2) is 34.3 Å². The minimum Gasteiger partial charge on any atom is -0.395 e. The monoisotopic (exact) mass is 289 g/mol. The molecule has 6 heteroatoms. The first kappa shape index (κ1) is 14.0. The van der Waals surface area contributed by atoms with Crippen molar-refractivity contribution in [1.29, 1.82) is 0 Å². The van der Waals surface area contributed by atoms with Crippen LogP contribution in [0, 0.1) is 0 Å². The molecule has 6 nitrogen and oxygen atoms in total. The van der Waals surface area contributed by atoms with Crippen molar-refractivity contribution in [2.45, 2.75) is 38.5 Å². The largest absolute Gasteiger partial charge is 0.395 e. The average molecular weight is 289 g/mol. The molecular weight excluding hydrogens is 270 g/mol. The second kappa shape index (κ2) is 5.44. The summed E-state index contributed by atoms with van der Waals surface area (Å²) in [4.78, 5) is 16.9. The number of fused-ring (bicyclic) bond motifs is 1. The van der Waals surface area contributed by atoms with E-state index < -0.39 is 0 Å². The number of aliphatic hydroxyl groups excluding tert-OH is 1. The van der Waals surface area contributed by atoms with Gasteiger partial charge in [-0.15, -0.1) is 0 Å². The SMILES string of the molecule is CC(C)c1noc2nc(C3CC3)cc(C(=O)NCCO)c12. The number of nitrogens with one attached hydrogen (secondary N) is 1. The molecule has 0 radical (unpaired) electrons. The molecule has 1 aliphatic carbocycles. The molecule has 21 heavy (non-hydrogen) atoms. The highest BCUT2D eigenvalue weighted by Crippen LogP contribution is 2.40. The molecule has 1 amide bonds. The van der Waals surface area contributed by atoms with Crippen molar-refractivity contribution in [3.05, 3.63) is 23.0 Å². The first-order chi connectivity index (χ1) is 10.1. The van der Waals surface area contributed by atoms with Crippen LogP contribution in [0.5, 0.6) is 0 Å². The highest BCUT2D eigenvalue weighted by atomic mass is 16.5. The van der Waals surface area contributed by atoms with Gasteiger partial charge in [-0.3, -0.25) is 4.79 Å². The lowest BCUT2D eigenvalue weighted by Gasteiger charge is -2.08. The Morgan fingerprint density at radius 2 is 2.29 bits per heavy atom. The van der Waals surface area contributed by atoms with Crippen molar-refractivity contribution < 1.29 is 14.4 Å². The summed E-state index contributed by atoms with van der Waals surface area (Å²) in [7, 11) is 0. The van der Waals surface area contributed by atoms with Gasteiger partial charge >= 0.3 is 0 Å². The van der Waals surface area contributed by atoms with E-state index in [0.717, 1.165) is 24.2 Å². The lowest BCUT2D eigenvalue weighted by molar-refractivity contribution is 0.0946. The van der Waals surface area contributed by atoms with Crippen molar-refractivity contribution >= 4 is 17.0 Å². The standard InChI is InChI=1S/C15H19N3O3/c1-8(2)13-12-10(14(20)16-5-6-19)7-11(9-3-4-9)17-15(12)21-18-13/h7-9,19H,3-6H2,1-2H3,(H,16,20). The third-order valence-corrected chi connectivity index (χ3v) is 3.68. The van der Waals surface area contributed by atoms with Crippen LogP contribution in [0.3, 0.4) is 0 Å². The maximum atomic E-state index is 12.4. The molecule has 2 aromatic rings. The fraction of sp³-hybridized carbons (Fsp3) is 0.533. The zero-order chi connectivity index (χ0) is 15.0. The van der Waals surface area contributed by atoms with Crippen LogP contribution >= 0.6 is 0 Å². The van der Waals surface area contributed by atoms with Gasteiger partial charge in [0.05, 0.1) is 23.3 Å². The van der Waals surface area contributed by atoms with Crippen LogP contribution in [0.15, 0.2) is 10.6 Å². The molecule has 0 bridgehead atoms. The number of carbonyl (C=O) groups excluding carboxylic acids is 1. The lowest BCUT2D eigenvalue weighted by Crippen LogP contribution is -2.26. The Kier molecular flexibility index (Phi) is 3.63. The molecule has 0 aromatic carbocycles. The topological polar surface area (TPSA) is 88.2 Å². The van der Waals surface area contributed by atoms with Crippen LogP contribution in [0.1, 0.15) is 60.3 Å². The lowest BCUT2D eigenvalue weighted by atomic mass is 10.0. The second-order valence-corrected chi connectivity index (χ2v) is 5.75. The summed E-state index contributed by atoms with van der Waals surface area (Å²) in [6.45, 7) is 4.14. The van der Waals surface area contributed by atoms with Crippen molar-refractivity contribution in [1.82, 2.24) is 15.5 Å². The fourth-order valence-electron chi connectivity index (χ4n) is 2.42. The Balaban J connectivity index is 2.12. The predicted octanol–water partition coefficient (Wildman–Crippen LogP) is 1.95. The zero-order valence-corrected chi connectivity index (χ0v) is 12.2. The van der Waals surface area contributed by atoms with E-state index in [-0.39, 0.29) is 25.0 Å². The zero-order valence-electron chi connectivity index (χ0n) is 12.2. The van der Waals surface area contributed by atoms with Crippen molar-refractivity contribution in [3.8, 4) is 0 Å². The summed E-state index contributed by atoms with van der Waals surface area (Å²) >= 11 is 0. The van der Waals surface area contributed by atoms with Gasteiger partial charge in [-0.1, -0.05) is 19.0 Å². The first-order valence-corrected chi connectivity index (χ1v) is 7.31. The van der Waals surface area contributed by atoms with Crippen LogP contribution in [-0.2, 0) is 0 Å². The molecule has 0 unspecified atom stereocenters. The highest BCUT2D eigenvalue weighted by Gasteiger charge is 2.29. The number of carbonyl (C=O) groups is 1. The summed E-state index contributed by atoms with van der Waals surface area (Å²) in [5.74, 6) is 0.346.